The molecule has 1 saturated heterocycles. The molecule has 7 nitrogen and oxygen atoms in total. The molecular weight excluding hydrogens is 294 g/mol. The van der Waals surface area contributed by atoms with Gasteiger partial charge >= 0.3 is 0 Å². The van der Waals surface area contributed by atoms with Crippen LogP contribution in [0.1, 0.15) is 12.8 Å². The van der Waals surface area contributed by atoms with Crippen LogP contribution in [0.25, 0.3) is 0 Å². The molecule has 21 heavy (non-hydrogen) atoms. The average Bonchev–Trinajstić information content (AvgIpc) is 2.49. The van der Waals surface area contributed by atoms with E-state index >= 15 is 0 Å². The molecule has 116 valence electrons. The van der Waals surface area contributed by atoms with Gasteiger partial charge in [-0.1, -0.05) is 0 Å². The van der Waals surface area contributed by atoms with Gasteiger partial charge in [-0.3, -0.25) is 4.79 Å². The highest BCUT2D eigenvalue weighted by Crippen LogP contribution is 2.28. The van der Waals surface area contributed by atoms with Gasteiger partial charge in [-0.25, -0.2) is 8.42 Å². The number of aromatic hydroxyl groups is 1. The van der Waals surface area contributed by atoms with Crippen LogP contribution in [0.15, 0.2) is 23.1 Å². The van der Waals surface area contributed by atoms with Gasteiger partial charge in [0, 0.05) is 26.1 Å². The van der Waals surface area contributed by atoms with Crippen LogP contribution in [0.3, 0.4) is 0 Å². The summed E-state index contributed by atoms with van der Waals surface area (Å²) in [6, 6.07) is 3.83. The van der Waals surface area contributed by atoms with Crippen molar-refractivity contribution in [3.63, 3.8) is 0 Å². The molecule has 4 N–H and O–H groups in total. The SMILES string of the molecule is CNC(=O)C1CCN(S(=O)(=O)c2ccc(O)c(N)c2)CC1. The zero-order chi connectivity index (χ0) is 15.6. The Labute approximate surface area is 123 Å². The number of hydrogen-bond donors (Lipinski definition) is 3. The Morgan fingerprint density at radius 3 is 2.52 bits per heavy atom. The maximum atomic E-state index is 12.5. The zero-order valence-corrected chi connectivity index (χ0v) is 12.6. The number of nitrogens with one attached hydrogen (secondary N) is 1. The number of amides is 1. The van der Waals surface area contributed by atoms with Crippen molar-refractivity contribution in [3.05, 3.63) is 18.2 Å². The minimum absolute atomic E-state index is 0.0244. The number of phenols is 1. The molecule has 0 atom stereocenters. The second-order valence-corrected chi connectivity index (χ2v) is 6.95. The van der Waals surface area contributed by atoms with Crippen LogP contribution >= 0.6 is 0 Å². The Balaban J connectivity index is 2.14. The minimum Gasteiger partial charge on any atom is -0.506 e. The largest absolute Gasteiger partial charge is 0.506 e. The first kappa shape index (κ1) is 15.6. The molecule has 1 amide bonds. The monoisotopic (exact) mass is 313 g/mol. The summed E-state index contributed by atoms with van der Waals surface area (Å²) < 4.78 is 26.3. The van der Waals surface area contributed by atoms with E-state index in [4.69, 9.17) is 5.73 Å². The van der Waals surface area contributed by atoms with E-state index in [1.165, 1.54) is 22.5 Å². The third-order valence-electron chi connectivity index (χ3n) is 3.71. The van der Waals surface area contributed by atoms with E-state index in [1.807, 2.05) is 0 Å². The first-order valence-corrected chi connectivity index (χ1v) is 8.10. The molecule has 0 spiro atoms. The fraction of sp³-hybridized carbons (Fsp3) is 0.462. The van der Waals surface area contributed by atoms with E-state index in [9.17, 15) is 18.3 Å². The van der Waals surface area contributed by atoms with Gasteiger partial charge in [0.05, 0.1) is 10.6 Å². The van der Waals surface area contributed by atoms with Crippen molar-refractivity contribution in [2.75, 3.05) is 25.9 Å². The number of nitrogens with two attached hydrogens (primary N) is 1. The van der Waals surface area contributed by atoms with Crippen LogP contribution in [-0.2, 0) is 14.8 Å². The number of benzene rings is 1. The van der Waals surface area contributed by atoms with Gasteiger partial charge in [0.25, 0.3) is 0 Å². The fourth-order valence-corrected chi connectivity index (χ4v) is 3.91. The summed E-state index contributed by atoms with van der Waals surface area (Å²) in [6.07, 6.45) is 0.985. The molecule has 1 fully saturated rings. The number of phenolic OH excluding ortho intramolecular Hbond substituents is 1. The number of nitrogen functional groups attached to an aromatic ring is 1. The van der Waals surface area contributed by atoms with Crippen molar-refractivity contribution in [2.24, 2.45) is 5.92 Å². The predicted octanol–water partition coefficient (Wildman–Crippen LogP) is 0.121. The molecule has 2 rings (SSSR count). The van der Waals surface area contributed by atoms with Gasteiger partial charge < -0.3 is 16.2 Å². The van der Waals surface area contributed by atoms with Crippen molar-refractivity contribution < 1.29 is 18.3 Å². The second-order valence-electron chi connectivity index (χ2n) is 5.01. The summed E-state index contributed by atoms with van der Waals surface area (Å²) in [7, 11) is -2.07. The lowest BCUT2D eigenvalue weighted by atomic mass is 9.97. The Kier molecular flexibility index (Phi) is 4.38. The normalized spacial score (nSPS) is 17.6. The number of carbonyl (C=O) groups excluding carboxylic acids is 1. The van der Waals surface area contributed by atoms with Gasteiger partial charge in [-0.2, -0.15) is 4.31 Å². The van der Waals surface area contributed by atoms with Crippen molar-refractivity contribution >= 4 is 21.6 Å². The van der Waals surface area contributed by atoms with Crippen LogP contribution in [0, 0.1) is 5.92 Å². The molecule has 0 aromatic heterocycles. The quantitative estimate of drug-likeness (QED) is 0.542. The number of piperidine rings is 1. The molecule has 1 aliphatic rings. The topological polar surface area (TPSA) is 113 Å². The Bertz CT molecular complexity index is 637. The summed E-state index contributed by atoms with van der Waals surface area (Å²) >= 11 is 0. The van der Waals surface area contributed by atoms with E-state index in [1.54, 1.807) is 7.05 Å². The third kappa shape index (κ3) is 3.11. The van der Waals surface area contributed by atoms with Gasteiger partial charge in [0.15, 0.2) is 0 Å². The van der Waals surface area contributed by atoms with Gasteiger partial charge in [0.2, 0.25) is 15.9 Å². The summed E-state index contributed by atoms with van der Waals surface area (Å²) in [5.74, 6) is -0.348. The molecule has 0 radical (unpaired) electrons. The predicted molar refractivity (Wildman–Crippen MR) is 78.1 cm³/mol. The number of rotatable bonds is 3. The maximum Gasteiger partial charge on any atom is 0.243 e. The van der Waals surface area contributed by atoms with Gasteiger partial charge in [-0.15, -0.1) is 0 Å². The smallest absolute Gasteiger partial charge is 0.243 e. The summed E-state index contributed by atoms with van der Waals surface area (Å²) in [6.45, 7) is 0.586. The third-order valence-corrected chi connectivity index (χ3v) is 5.60. The zero-order valence-electron chi connectivity index (χ0n) is 11.7. The molecule has 1 aromatic rings. The van der Waals surface area contributed by atoms with E-state index in [2.05, 4.69) is 5.32 Å². The van der Waals surface area contributed by atoms with Crippen LogP contribution in [0.5, 0.6) is 5.75 Å². The Morgan fingerprint density at radius 1 is 1.38 bits per heavy atom. The fourth-order valence-electron chi connectivity index (χ4n) is 2.40. The van der Waals surface area contributed by atoms with Gasteiger partial charge in [-0.05, 0) is 31.0 Å². The molecule has 0 aliphatic carbocycles. The lowest BCUT2D eigenvalue weighted by Gasteiger charge is -2.30. The van der Waals surface area contributed by atoms with Crippen LogP contribution in [0.4, 0.5) is 5.69 Å². The standard InChI is InChI=1S/C13H19N3O4S/c1-15-13(18)9-4-6-16(7-5-9)21(19,20)10-2-3-12(17)11(14)8-10/h2-3,8-9,17H,4-7,14H2,1H3,(H,15,18). The lowest BCUT2D eigenvalue weighted by molar-refractivity contribution is -0.125. The summed E-state index contributed by atoms with van der Waals surface area (Å²) in [5, 5.41) is 11.9. The van der Waals surface area contributed by atoms with Crippen molar-refractivity contribution in [1.29, 1.82) is 0 Å². The highest BCUT2D eigenvalue weighted by Gasteiger charge is 2.31. The van der Waals surface area contributed by atoms with Gasteiger partial charge in [0.1, 0.15) is 5.75 Å². The van der Waals surface area contributed by atoms with Crippen LogP contribution in [0.2, 0.25) is 0 Å². The number of carbonyl (C=O) groups is 1. The number of nitrogens with zero attached hydrogens (tertiary/aromatic N) is 1. The van der Waals surface area contributed by atoms with E-state index in [-0.39, 0.29) is 28.2 Å². The first-order valence-electron chi connectivity index (χ1n) is 6.66. The van der Waals surface area contributed by atoms with Crippen LogP contribution in [-0.4, -0.2) is 43.9 Å². The number of anilines is 1. The highest BCUT2D eigenvalue weighted by molar-refractivity contribution is 7.89. The number of hydrogen-bond acceptors (Lipinski definition) is 5. The molecule has 0 unspecified atom stereocenters. The van der Waals surface area contributed by atoms with Crippen molar-refractivity contribution in [3.8, 4) is 5.75 Å². The lowest BCUT2D eigenvalue weighted by Crippen LogP contribution is -2.42. The van der Waals surface area contributed by atoms with E-state index < -0.39 is 10.0 Å². The maximum absolute atomic E-state index is 12.5. The molecule has 1 aliphatic heterocycles. The molecule has 8 heteroatoms. The van der Waals surface area contributed by atoms with Crippen LogP contribution < -0.4 is 11.1 Å². The Hall–Kier alpha value is -1.80. The average molecular weight is 313 g/mol. The minimum atomic E-state index is -3.65. The Morgan fingerprint density at radius 2 is 2.00 bits per heavy atom. The summed E-state index contributed by atoms with van der Waals surface area (Å²) in [4.78, 5) is 11.6. The van der Waals surface area contributed by atoms with Crippen molar-refractivity contribution in [1.82, 2.24) is 9.62 Å². The van der Waals surface area contributed by atoms with E-state index in [0.29, 0.717) is 25.9 Å². The van der Waals surface area contributed by atoms with Crippen molar-refractivity contribution in [2.45, 2.75) is 17.7 Å². The first-order chi connectivity index (χ1) is 9.86. The summed E-state index contributed by atoms with van der Waals surface area (Å²) in [5.41, 5.74) is 5.57. The highest BCUT2D eigenvalue weighted by atomic mass is 32.2. The molecule has 1 heterocycles. The second kappa shape index (κ2) is 5.90. The number of sulfonamides is 1. The van der Waals surface area contributed by atoms with E-state index in [0.717, 1.165) is 0 Å². The molecule has 0 saturated carbocycles. The molecule has 1 aromatic carbocycles. The molecular formula is C13H19N3O4S. The molecule has 0 bridgehead atoms.